The van der Waals surface area contributed by atoms with Gasteiger partial charge in [0.25, 0.3) is 0 Å². The number of nitrogens with one attached hydrogen (secondary N) is 1. The van der Waals surface area contributed by atoms with Crippen LogP contribution in [-0.2, 0) is 9.53 Å². The van der Waals surface area contributed by atoms with E-state index in [-0.39, 0.29) is 12.5 Å². The van der Waals surface area contributed by atoms with Gasteiger partial charge in [-0.15, -0.1) is 0 Å². The highest BCUT2D eigenvalue weighted by Crippen LogP contribution is 1.92. The molecule has 1 N–H and O–H groups in total. The maximum atomic E-state index is 10.00. The van der Waals surface area contributed by atoms with E-state index in [2.05, 4.69) is 0 Å². The molecule has 0 saturated carbocycles. The number of carbonyl (C=O) groups is 1. The van der Waals surface area contributed by atoms with Crippen molar-refractivity contribution in [1.29, 1.82) is 0 Å². The first-order valence-electron chi connectivity index (χ1n) is 2.44. The molecular weight excluding hydrogens is 106 g/mol. The van der Waals surface area contributed by atoms with Crippen LogP contribution in [0.4, 0.5) is 0 Å². The summed E-state index contributed by atoms with van der Waals surface area (Å²) in [5, 5.41) is 0. The molecule has 0 aromatic rings. The minimum absolute atomic E-state index is 0.111. The van der Waals surface area contributed by atoms with Crippen LogP contribution in [0.2, 0.25) is 0 Å². The second-order valence-corrected chi connectivity index (χ2v) is 1.67. The van der Waals surface area contributed by atoms with Crippen molar-refractivity contribution < 1.29 is 9.53 Å². The molecule has 0 aliphatic carbocycles. The molecule has 1 amide bonds. The summed E-state index contributed by atoms with van der Waals surface area (Å²) < 4.78 is 4.72. The van der Waals surface area contributed by atoms with Gasteiger partial charge in [-0.25, -0.2) is 0 Å². The van der Waals surface area contributed by atoms with E-state index in [1.807, 2.05) is 0 Å². The molecule has 1 atom stereocenters. The topological polar surface area (TPSA) is 50.1 Å². The number of methoxy groups -OCH3 is 1. The second kappa shape index (κ2) is 3.43. The van der Waals surface area contributed by atoms with Gasteiger partial charge in [-0.1, -0.05) is 0 Å². The number of rotatable bonds is 3. The lowest BCUT2D eigenvalue weighted by Gasteiger charge is -2.03. The summed E-state index contributed by atoms with van der Waals surface area (Å²) >= 11 is 0. The Morgan fingerprint density at radius 1 is 1.88 bits per heavy atom. The van der Waals surface area contributed by atoms with Crippen LogP contribution in [0.15, 0.2) is 0 Å². The van der Waals surface area contributed by atoms with Gasteiger partial charge in [0.1, 0.15) is 0 Å². The molecule has 0 bridgehead atoms. The van der Waals surface area contributed by atoms with E-state index in [0.717, 1.165) is 0 Å². The van der Waals surface area contributed by atoms with Gasteiger partial charge in [-0.3, -0.25) is 10.5 Å². The summed E-state index contributed by atoms with van der Waals surface area (Å²) in [6.07, 6.45) is 0.0799. The third-order valence-corrected chi connectivity index (χ3v) is 0.875. The summed E-state index contributed by atoms with van der Waals surface area (Å²) in [4.78, 5) is 10.00. The Balaban J connectivity index is 3.24. The zero-order valence-corrected chi connectivity index (χ0v) is 5.10. The monoisotopic (exact) mass is 116 g/mol. The molecule has 1 unspecified atom stereocenters. The van der Waals surface area contributed by atoms with Crippen molar-refractivity contribution in [2.24, 2.45) is 0 Å². The highest BCUT2D eigenvalue weighted by molar-refractivity contribution is 5.73. The van der Waals surface area contributed by atoms with E-state index in [1.54, 1.807) is 6.92 Å². The number of hydrogen-bond donors (Lipinski definition) is 0. The van der Waals surface area contributed by atoms with Gasteiger partial charge in [-0.2, -0.15) is 0 Å². The maximum Gasteiger partial charge on any atom is 0.240 e. The van der Waals surface area contributed by atoms with Gasteiger partial charge >= 0.3 is 0 Å². The highest BCUT2D eigenvalue weighted by atomic mass is 16.5. The number of ether oxygens (including phenoxy) is 1. The Hall–Kier alpha value is -0.570. The first-order valence-corrected chi connectivity index (χ1v) is 2.44. The van der Waals surface area contributed by atoms with Crippen molar-refractivity contribution in [1.82, 2.24) is 5.73 Å². The Labute approximate surface area is 48.8 Å². The predicted molar refractivity (Wildman–Crippen MR) is 29.2 cm³/mol. The number of amides is 1. The zero-order valence-electron chi connectivity index (χ0n) is 5.10. The lowest BCUT2D eigenvalue weighted by molar-refractivity contribution is -0.120. The normalized spacial score (nSPS) is 13.2. The van der Waals surface area contributed by atoms with E-state index in [0.29, 0.717) is 0 Å². The van der Waals surface area contributed by atoms with Crippen LogP contribution in [0.3, 0.4) is 0 Å². The third kappa shape index (κ3) is 3.61. The van der Waals surface area contributed by atoms with Crippen LogP contribution in [0, 0.1) is 0 Å². The molecule has 1 radical (unpaired) electrons. The van der Waals surface area contributed by atoms with Crippen molar-refractivity contribution in [3.63, 3.8) is 0 Å². The fourth-order valence-corrected chi connectivity index (χ4v) is 0.344. The Bertz CT molecular complexity index is 82.5. The van der Waals surface area contributed by atoms with Crippen LogP contribution in [0.1, 0.15) is 13.3 Å². The summed E-state index contributed by atoms with van der Waals surface area (Å²) in [6.45, 7) is 1.76. The minimum Gasteiger partial charge on any atom is -0.381 e. The molecule has 0 aliphatic heterocycles. The maximum absolute atomic E-state index is 10.00. The van der Waals surface area contributed by atoms with Crippen LogP contribution in [0.25, 0.3) is 0 Å². The third-order valence-electron chi connectivity index (χ3n) is 0.875. The lowest BCUT2D eigenvalue weighted by atomic mass is 10.3. The average Bonchev–Trinajstić information content (AvgIpc) is 1.65. The molecule has 0 rings (SSSR count). The van der Waals surface area contributed by atoms with Crippen molar-refractivity contribution in [2.45, 2.75) is 19.4 Å². The molecule has 47 valence electrons. The van der Waals surface area contributed by atoms with Crippen molar-refractivity contribution in [3.05, 3.63) is 0 Å². The Morgan fingerprint density at radius 2 is 2.38 bits per heavy atom. The average molecular weight is 116 g/mol. The molecule has 0 spiro atoms. The highest BCUT2D eigenvalue weighted by Gasteiger charge is 2.02. The molecular formula is C5H10NO2. The van der Waals surface area contributed by atoms with Gasteiger partial charge in [-0.05, 0) is 6.92 Å². The number of carbonyl (C=O) groups excluding carboxylic acids is 1. The van der Waals surface area contributed by atoms with Crippen molar-refractivity contribution in [2.75, 3.05) is 7.11 Å². The van der Waals surface area contributed by atoms with E-state index in [1.165, 1.54) is 7.11 Å². The summed E-state index contributed by atoms with van der Waals surface area (Å²) in [6, 6.07) is 0. The predicted octanol–water partition coefficient (Wildman–Crippen LogP) is 0.221. The molecule has 0 aromatic carbocycles. The van der Waals surface area contributed by atoms with E-state index in [4.69, 9.17) is 10.5 Å². The molecule has 0 aliphatic rings. The summed E-state index contributed by atoms with van der Waals surface area (Å²) in [5.74, 6) is -0.570. The fourth-order valence-electron chi connectivity index (χ4n) is 0.344. The largest absolute Gasteiger partial charge is 0.381 e. The standard InChI is InChI=1S/C5H10NO2/c1-4(8-2)3-5(6)7/h4,6H,3H2,1-2H3. The molecule has 0 heterocycles. The molecule has 3 heteroatoms. The van der Waals surface area contributed by atoms with Gasteiger partial charge in [0.15, 0.2) is 0 Å². The van der Waals surface area contributed by atoms with Gasteiger partial charge in [0.05, 0.1) is 12.5 Å². The first kappa shape index (κ1) is 7.43. The molecule has 0 aromatic heterocycles. The molecule has 3 nitrogen and oxygen atoms in total. The van der Waals surface area contributed by atoms with Crippen LogP contribution in [0.5, 0.6) is 0 Å². The van der Waals surface area contributed by atoms with E-state index in [9.17, 15) is 4.79 Å². The smallest absolute Gasteiger partial charge is 0.240 e. The van der Waals surface area contributed by atoms with Gasteiger partial charge < -0.3 is 4.74 Å². The minimum atomic E-state index is -0.570. The van der Waals surface area contributed by atoms with E-state index < -0.39 is 5.91 Å². The molecule has 0 fully saturated rings. The van der Waals surface area contributed by atoms with Gasteiger partial charge in [0.2, 0.25) is 5.91 Å². The van der Waals surface area contributed by atoms with Crippen molar-refractivity contribution >= 4 is 5.91 Å². The fraction of sp³-hybridized carbons (Fsp3) is 0.800. The van der Waals surface area contributed by atoms with Gasteiger partial charge in [0, 0.05) is 7.11 Å². The first-order chi connectivity index (χ1) is 3.66. The number of hydrogen-bond acceptors (Lipinski definition) is 2. The Kier molecular flexibility index (Phi) is 3.19. The van der Waals surface area contributed by atoms with Crippen LogP contribution < -0.4 is 5.73 Å². The quantitative estimate of drug-likeness (QED) is 0.529. The second-order valence-electron chi connectivity index (χ2n) is 1.67. The zero-order chi connectivity index (χ0) is 6.57. The molecule has 8 heavy (non-hydrogen) atoms. The van der Waals surface area contributed by atoms with E-state index >= 15 is 0 Å². The van der Waals surface area contributed by atoms with Crippen LogP contribution >= 0.6 is 0 Å². The summed E-state index contributed by atoms with van der Waals surface area (Å²) in [5.41, 5.74) is 6.49. The lowest BCUT2D eigenvalue weighted by Crippen LogP contribution is -2.11. The van der Waals surface area contributed by atoms with Crippen molar-refractivity contribution in [3.8, 4) is 0 Å². The SMILES string of the molecule is COC(C)CC([NH])=O. The molecule has 0 saturated heterocycles. The van der Waals surface area contributed by atoms with Crippen LogP contribution in [-0.4, -0.2) is 19.1 Å². The summed E-state index contributed by atoms with van der Waals surface area (Å²) in [7, 11) is 1.52. The Morgan fingerprint density at radius 3 is 2.50 bits per heavy atom.